The van der Waals surface area contributed by atoms with E-state index in [1.54, 1.807) is 0 Å². The molecular formula is C14H22ClN5. The molecule has 0 radical (unpaired) electrons. The number of rotatable bonds is 5. The van der Waals surface area contributed by atoms with Gasteiger partial charge in [0.25, 0.3) is 0 Å². The van der Waals surface area contributed by atoms with Crippen molar-refractivity contribution in [1.29, 1.82) is 0 Å². The van der Waals surface area contributed by atoms with Crippen molar-refractivity contribution in [3.8, 4) is 0 Å². The third kappa shape index (κ3) is 3.33. The van der Waals surface area contributed by atoms with Crippen molar-refractivity contribution < 1.29 is 0 Å². The van der Waals surface area contributed by atoms with Crippen molar-refractivity contribution in [2.75, 3.05) is 5.32 Å². The molecule has 0 aromatic carbocycles. The number of aromatic nitrogens is 4. The molecular weight excluding hydrogens is 274 g/mol. The van der Waals surface area contributed by atoms with Crippen molar-refractivity contribution in [3.63, 3.8) is 0 Å². The van der Waals surface area contributed by atoms with Crippen molar-refractivity contribution in [2.24, 2.45) is 0 Å². The molecule has 3 rings (SSSR count). The van der Waals surface area contributed by atoms with E-state index in [0.717, 1.165) is 24.5 Å². The molecule has 110 valence electrons. The average molecular weight is 296 g/mol. The van der Waals surface area contributed by atoms with Crippen LogP contribution >= 0.6 is 12.4 Å². The van der Waals surface area contributed by atoms with Crippen LogP contribution < -0.4 is 5.32 Å². The van der Waals surface area contributed by atoms with E-state index in [4.69, 9.17) is 0 Å². The first kappa shape index (κ1) is 14.9. The van der Waals surface area contributed by atoms with Gasteiger partial charge < -0.3 is 5.32 Å². The topological polar surface area (TPSA) is 47.7 Å². The van der Waals surface area contributed by atoms with E-state index in [9.17, 15) is 0 Å². The van der Waals surface area contributed by atoms with E-state index in [1.807, 2.05) is 17.1 Å². The van der Waals surface area contributed by atoms with Crippen LogP contribution in [-0.2, 0) is 13.1 Å². The molecule has 1 fully saturated rings. The Morgan fingerprint density at radius 2 is 2.15 bits per heavy atom. The molecule has 1 aliphatic rings. The molecule has 0 unspecified atom stereocenters. The van der Waals surface area contributed by atoms with Gasteiger partial charge in [0, 0.05) is 18.9 Å². The highest BCUT2D eigenvalue weighted by Crippen LogP contribution is 2.29. The largest absolute Gasteiger partial charge is 0.377 e. The van der Waals surface area contributed by atoms with Gasteiger partial charge in [-0.25, -0.2) is 0 Å². The summed E-state index contributed by atoms with van der Waals surface area (Å²) in [4.78, 5) is 0. The third-order valence-corrected chi connectivity index (χ3v) is 3.79. The van der Waals surface area contributed by atoms with Crippen LogP contribution in [0.5, 0.6) is 0 Å². The summed E-state index contributed by atoms with van der Waals surface area (Å²) < 4.78 is 4.05. The Hall–Kier alpha value is -1.49. The van der Waals surface area contributed by atoms with Gasteiger partial charge in [-0.3, -0.25) is 9.36 Å². The van der Waals surface area contributed by atoms with Gasteiger partial charge >= 0.3 is 0 Å². The van der Waals surface area contributed by atoms with E-state index in [1.165, 1.54) is 25.7 Å². The van der Waals surface area contributed by atoms with E-state index < -0.39 is 0 Å². The van der Waals surface area contributed by atoms with Gasteiger partial charge in [-0.2, -0.15) is 10.2 Å². The van der Waals surface area contributed by atoms with Crippen LogP contribution in [-0.4, -0.2) is 19.6 Å². The Morgan fingerprint density at radius 1 is 1.35 bits per heavy atom. The first-order valence-electron chi connectivity index (χ1n) is 7.15. The molecule has 1 aliphatic carbocycles. The first-order chi connectivity index (χ1) is 9.35. The zero-order chi connectivity index (χ0) is 13.1. The molecule has 1 saturated carbocycles. The van der Waals surface area contributed by atoms with Crippen molar-refractivity contribution in [1.82, 2.24) is 19.6 Å². The zero-order valence-electron chi connectivity index (χ0n) is 11.8. The zero-order valence-corrected chi connectivity index (χ0v) is 12.6. The lowest BCUT2D eigenvalue weighted by molar-refractivity contribution is 0.467. The number of nitrogens with one attached hydrogen (secondary N) is 1. The molecule has 0 spiro atoms. The molecule has 0 bridgehead atoms. The summed E-state index contributed by atoms with van der Waals surface area (Å²) in [6, 6.07) is 2.66. The number of halogens is 1. The maximum Gasteiger partial charge on any atom is 0.0815 e. The lowest BCUT2D eigenvalue weighted by Crippen LogP contribution is -2.05. The van der Waals surface area contributed by atoms with Crippen molar-refractivity contribution in [2.45, 2.75) is 51.7 Å². The van der Waals surface area contributed by atoms with Gasteiger partial charge in [0.1, 0.15) is 0 Å². The van der Waals surface area contributed by atoms with Gasteiger partial charge in [0.2, 0.25) is 0 Å². The summed E-state index contributed by atoms with van der Waals surface area (Å²) in [5, 5.41) is 12.3. The summed E-state index contributed by atoms with van der Waals surface area (Å²) in [5.74, 6) is 0. The van der Waals surface area contributed by atoms with Gasteiger partial charge in [-0.15, -0.1) is 12.4 Å². The Balaban J connectivity index is 0.00000147. The highest BCUT2D eigenvalue weighted by Gasteiger charge is 2.17. The highest BCUT2D eigenvalue weighted by molar-refractivity contribution is 5.85. The second-order valence-electron chi connectivity index (χ2n) is 5.16. The molecule has 5 nitrogen and oxygen atoms in total. The number of hydrogen-bond acceptors (Lipinski definition) is 3. The van der Waals surface area contributed by atoms with Gasteiger partial charge in [0.15, 0.2) is 0 Å². The fourth-order valence-corrected chi connectivity index (χ4v) is 2.66. The number of anilines is 1. The van der Waals surface area contributed by atoms with E-state index in [-0.39, 0.29) is 12.4 Å². The third-order valence-electron chi connectivity index (χ3n) is 3.79. The summed E-state index contributed by atoms with van der Waals surface area (Å²) in [6.45, 7) is 3.76. The molecule has 0 aliphatic heterocycles. The maximum atomic E-state index is 4.46. The van der Waals surface area contributed by atoms with Crippen LogP contribution in [0.4, 0.5) is 5.69 Å². The molecule has 2 heterocycles. The molecule has 2 aromatic rings. The van der Waals surface area contributed by atoms with Crippen LogP contribution in [0.15, 0.2) is 24.7 Å². The predicted molar refractivity (Wildman–Crippen MR) is 82.2 cm³/mol. The van der Waals surface area contributed by atoms with Gasteiger partial charge in [-0.05, 0) is 25.8 Å². The molecule has 1 N–H and O–H groups in total. The lowest BCUT2D eigenvalue weighted by atomic mass is 10.3. The fraction of sp³-hybridized carbons (Fsp3) is 0.571. The minimum Gasteiger partial charge on any atom is -0.377 e. The average Bonchev–Trinajstić information content (AvgIpc) is 3.16. The second-order valence-corrected chi connectivity index (χ2v) is 5.16. The summed E-state index contributed by atoms with van der Waals surface area (Å²) in [7, 11) is 0. The summed E-state index contributed by atoms with van der Waals surface area (Å²) in [6.07, 6.45) is 11.2. The molecule has 20 heavy (non-hydrogen) atoms. The monoisotopic (exact) mass is 295 g/mol. The molecule has 6 heteroatoms. The van der Waals surface area contributed by atoms with Crippen LogP contribution in [0.1, 0.15) is 44.3 Å². The van der Waals surface area contributed by atoms with Crippen LogP contribution in [0, 0.1) is 0 Å². The SMILES string of the molecule is CCn1ccc(CNc2cnn(C3CCCC3)c2)n1.Cl. The summed E-state index contributed by atoms with van der Waals surface area (Å²) in [5.41, 5.74) is 2.15. The van der Waals surface area contributed by atoms with E-state index in [2.05, 4.69) is 39.4 Å². The maximum absolute atomic E-state index is 4.46. The van der Waals surface area contributed by atoms with E-state index >= 15 is 0 Å². The molecule has 0 amide bonds. The standard InChI is InChI=1S/C14H21N5.ClH/c1-2-18-8-7-12(17-18)9-15-13-10-16-19(11-13)14-5-3-4-6-14;/h7-8,10-11,14-15H,2-6,9H2,1H3;1H. The molecule has 2 aromatic heterocycles. The predicted octanol–water partition coefficient (Wildman–Crippen LogP) is 3.25. The van der Waals surface area contributed by atoms with Crippen LogP contribution in [0.25, 0.3) is 0 Å². The van der Waals surface area contributed by atoms with Crippen molar-refractivity contribution >= 4 is 18.1 Å². The van der Waals surface area contributed by atoms with Gasteiger partial charge in [-0.1, -0.05) is 12.8 Å². The Bertz CT molecular complexity index is 527. The Labute approximate surface area is 125 Å². The minimum atomic E-state index is 0. The smallest absolute Gasteiger partial charge is 0.0815 e. The molecule has 0 atom stereocenters. The number of nitrogens with zero attached hydrogens (tertiary/aromatic N) is 4. The minimum absolute atomic E-state index is 0. The Morgan fingerprint density at radius 3 is 2.85 bits per heavy atom. The lowest BCUT2D eigenvalue weighted by Gasteiger charge is -2.08. The van der Waals surface area contributed by atoms with Crippen LogP contribution in [0.2, 0.25) is 0 Å². The Kier molecular flexibility index (Phi) is 5.06. The first-order valence-corrected chi connectivity index (χ1v) is 7.15. The van der Waals surface area contributed by atoms with Crippen LogP contribution in [0.3, 0.4) is 0 Å². The molecule has 0 saturated heterocycles. The van der Waals surface area contributed by atoms with Gasteiger partial charge in [0.05, 0.1) is 30.2 Å². The highest BCUT2D eigenvalue weighted by atomic mass is 35.5. The fourth-order valence-electron chi connectivity index (χ4n) is 2.66. The second kappa shape index (κ2) is 6.79. The quantitative estimate of drug-likeness (QED) is 0.921. The van der Waals surface area contributed by atoms with E-state index in [0.29, 0.717) is 6.04 Å². The number of hydrogen-bond donors (Lipinski definition) is 1. The summed E-state index contributed by atoms with van der Waals surface area (Å²) >= 11 is 0. The number of aryl methyl sites for hydroxylation is 1. The normalized spacial score (nSPS) is 15.2. The van der Waals surface area contributed by atoms with Crippen molar-refractivity contribution in [3.05, 3.63) is 30.4 Å².